The number of anilines is 2. The number of nitrogens with zero attached hydrogens (tertiary/aromatic N) is 4. The van der Waals surface area contributed by atoms with Crippen molar-refractivity contribution in [3.63, 3.8) is 0 Å². The van der Waals surface area contributed by atoms with Crippen molar-refractivity contribution in [2.75, 3.05) is 4.90 Å². The van der Waals surface area contributed by atoms with E-state index in [2.05, 4.69) is 15.0 Å². The number of fused-ring (bicyclic) bond motifs is 1. The first-order chi connectivity index (χ1) is 14.1. The number of benzene rings is 2. The monoisotopic (exact) mass is 410 g/mol. The van der Waals surface area contributed by atoms with Gasteiger partial charge in [0, 0.05) is 28.5 Å². The maximum Gasteiger partial charge on any atom is 0.184 e. The van der Waals surface area contributed by atoms with Crippen LogP contribution in [0.1, 0.15) is 18.1 Å². The number of pyridine rings is 1. The molecule has 2 heterocycles. The Morgan fingerprint density at radius 3 is 2.66 bits per heavy atom. The molecule has 0 amide bonds. The lowest BCUT2D eigenvalue weighted by atomic mass is 10.0. The molecular weight excluding hydrogens is 394 g/mol. The summed E-state index contributed by atoms with van der Waals surface area (Å²) in [5, 5.41) is 1.16. The lowest BCUT2D eigenvalue weighted by molar-refractivity contribution is 0.515. The fourth-order valence-corrected chi connectivity index (χ4v) is 3.53. The summed E-state index contributed by atoms with van der Waals surface area (Å²) in [6, 6.07) is 11.9. The van der Waals surface area contributed by atoms with Gasteiger partial charge in [-0.2, -0.15) is 0 Å². The molecule has 29 heavy (non-hydrogen) atoms. The molecule has 4 aromatic rings. The molecule has 0 radical (unpaired) electrons. The van der Waals surface area contributed by atoms with Crippen molar-refractivity contribution in [1.82, 2.24) is 15.0 Å². The molecule has 7 heteroatoms. The Hall–Kier alpha value is -3.12. The molecule has 2 aromatic heterocycles. The van der Waals surface area contributed by atoms with Crippen molar-refractivity contribution >= 4 is 34.0 Å². The molecular formula is C22H17ClF2N4. The maximum atomic E-state index is 14.4. The smallest absolute Gasteiger partial charge is 0.184 e. The van der Waals surface area contributed by atoms with Gasteiger partial charge in [-0.25, -0.2) is 18.7 Å². The zero-order valence-electron chi connectivity index (χ0n) is 15.6. The topological polar surface area (TPSA) is 41.9 Å². The normalized spacial score (nSPS) is 11.0. The third-order valence-corrected chi connectivity index (χ3v) is 5.03. The molecule has 0 bridgehead atoms. The van der Waals surface area contributed by atoms with Crippen molar-refractivity contribution in [1.29, 1.82) is 0 Å². The summed E-state index contributed by atoms with van der Waals surface area (Å²) in [4.78, 5) is 14.5. The molecule has 2 aromatic carbocycles. The number of halogens is 3. The summed E-state index contributed by atoms with van der Waals surface area (Å²) in [6.45, 7) is 2.38. The zero-order valence-corrected chi connectivity index (χ0v) is 16.4. The van der Waals surface area contributed by atoms with Crippen molar-refractivity contribution in [2.24, 2.45) is 0 Å². The molecule has 146 valence electrons. The van der Waals surface area contributed by atoms with E-state index in [1.54, 1.807) is 30.6 Å². The van der Waals surface area contributed by atoms with E-state index in [4.69, 9.17) is 11.6 Å². The van der Waals surface area contributed by atoms with Crippen LogP contribution in [0.2, 0.25) is 5.02 Å². The number of hydrogen-bond acceptors (Lipinski definition) is 4. The van der Waals surface area contributed by atoms with Gasteiger partial charge in [0.05, 0.1) is 6.54 Å². The van der Waals surface area contributed by atoms with E-state index in [9.17, 15) is 8.78 Å². The van der Waals surface area contributed by atoms with Gasteiger partial charge in [-0.1, -0.05) is 24.6 Å². The molecule has 0 spiro atoms. The predicted octanol–water partition coefficient (Wildman–Crippen LogP) is 5.86. The summed E-state index contributed by atoms with van der Waals surface area (Å²) in [5.41, 5.74) is 2.65. The summed E-state index contributed by atoms with van der Waals surface area (Å²) >= 11 is 6.21. The largest absolute Gasteiger partial charge is 0.322 e. The molecule has 0 fully saturated rings. The van der Waals surface area contributed by atoms with Crippen LogP contribution in [0.5, 0.6) is 0 Å². The van der Waals surface area contributed by atoms with Crippen LogP contribution >= 0.6 is 11.6 Å². The number of aromatic nitrogens is 3. The van der Waals surface area contributed by atoms with Crippen molar-refractivity contribution in [2.45, 2.75) is 19.9 Å². The second-order valence-electron chi connectivity index (χ2n) is 6.51. The Kier molecular flexibility index (Phi) is 5.36. The van der Waals surface area contributed by atoms with Crippen LogP contribution in [-0.2, 0) is 13.0 Å². The van der Waals surface area contributed by atoms with E-state index >= 15 is 0 Å². The average molecular weight is 411 g/mol. The Morgan fingerprint density at radius 2 is 1.93 bits per heavy atom. The lowest BCUT2D eigenvalue weighted by Gasteiger charge is -2.26. The van der Waals surface area contributed by atoms with Gasteiger partial charge in [0.2, 0.25) is 0 Å². The van der Waals surface area contributed by atoms with Crippen LogP contribution in [0.25, 0.3) is 10.9 Å². The van der Waals surface area contributed by atoms with E-state index in [1.165, 1.54) is 6.33 Å². The van der Waals surface area contributed by atoms with Gasteiger partial charge < -0.3 is 4.90 Å². The molecule has 0 atom stereocenters. The highest BCUT2D eigenvalue weighted by atomic mass is 35.5. The fourth-order valence-electron chi connectivity index (χ4n) is 3.34. The van der Waals surface area contributed by atoms with Gasteiger partial charge in [-0.3, -0.25) is 4.98 Å². The SMILES string of the molecule is CCc1cnc2c(F)c(F)ccc2c1CN(c1cccc(Cl)c1)c1ccncn1. The maximum absolute atomic E-state index is 14.4. The molecule has 0 saturated heterocycles. The molecule has 0 unspecified atom stereocenters. The lowest BCUT2D eigenvalue weighted by Crippen LogP contribution is -2.19. The van der Waals surface area contributed by atoms with Gasteiger partial charge in [-0.05, 0) is 53.9 Å². The minimum Gasteiger partial charge on any atom is -0.322 e. The van der Waals surface area contributed by atoms with Gasteiger partial charge in [0.1, 0.15) is 17.7 Å². The fraction of sp³-hybridized carbons (Fsp3) is 0.136. The Morgan fingerprint density at radius 1 is 1.07 bits per heavy atom. The Balaban J connectivity index is 1.90. The Labute approximate surface area is 171 Å². The van der Waals surface area contributed by atoms with Crippen LogP contribution in [-0.4, -0.2) is 15.0 Å². The van der Waals surface area contributed by atoms with Crippen molar-refractivity contribution in [3.8, 4) is 0 Å². The third kappa shape index (κ3) is 3.76. The van der Waals surface area contributed by atoms with E-state index < -0.39 is 11.6 Å². The molecule has 4 nitrogen and oxygen atoms in total. The first kappa shape index (κ1) is 19.2. The number of aryl methyl sites for hydroxylation is 1. The van der Waals surface area contributed by atoms with Crippen molar-refractivity contribution in [3.05, 3.63) is 89.0 Å². The van der Waals surface area contributed by atoms with Gasteiger partial charge in [-0.15, -0.1) is 0 Å². The standard InChI is InChI=1S/C22H17ClF2N4/c1-2-14-11-27-22-17(6-7-19(24)21(22)25)18(14)12-29(20-8-9-26-13-28-20)16-5-3-4-15(23)10-16/h3-11,13H,2,12H2,1H3. The van der Waals surface area contributed by atoms with Crippen LogP contribution in [0.4, 0.5) is 20.3 Å². The van der Waals surface area contributed by atoms with Crippen LogP contribution < -0.4 is 4.90 Å². The highest BCUT2D eigenvalue weighted by Gasteiger charge is 2.19. The molecule has 0 aliphatic rings. The van der Waals surface area contributed by atoms with Crippen LogP contribution in [0.15, 0.2) is 61.2 Å². The highest BCUT2D eigenvalue weighted by Crippen LogP contribution is 2.32. The zero-order chi connectivity index (χ0) is 20.4. The first-order valence-corrected chi connectivity index (χ1v) is 9.50. The number of rotatable bonds is 5. The Bertz CT molecular complexity index is 1170. The average Bonchev–Trinajstić information content (AvgIpc) is 2.75. The van der Waals surface area contributed by atoms with Gasteiger partial charge in [0.25, 0.3) is 0 Å². The van der Waals surface area contributed by atoms with Gasteiger partial charge >= 0.3 is 0 Å². The molecule has 0 aliphatic carbocycles. The van der Waals surface area contributed by atoms with E-state index in [1.807, 2.05) is 30.0 Å². The van der Waals surface area contributed by atoms with Gasteiger partial charge in [0.15, 0.2) is 11.6 Å². The van der Waals surface area contributed by atoms with E-state index in [0.717, 1.165) is 22.9 Å². The summed E-state index contributed by atoms with van der Waals surface area (Å²) < 4.78 is 28.1. The second-order valence-corrected chi connectivity index (χ2v) is 6.94. The quantitative estimate of drug-likeness (QED) is 0.413. The number of hydrogen-bond donors (Lipinski definition) is 0. The predicted molar refractivity (Wildman–Crippen MR) is 110 cm³/mol. The molecule has 0 aliphatic heterocycles. The molecule has 0 saturated carbocycles. The summed E-state index contributed by atoms with van der Waals surface area (Å²) in [5.74, 6) is -1.19. The van der Waals surface area contributed by atoms with E-state index in [0.29, 0.717) is 29.2 Å². The van der Waals surface area contributed by atoms with Crippen LogP contribution in [0.3, 0.4) is 0 Å². The van der Waals surface area contributed by atoms with Crippen LogP contribution in [0, 0.1) is 11.6 Å². The molecule has 0 N–H and O–H groups in total. The highest BCUT2D eigenvalue weighted by molar-refractivity contribution is 6.30. The minimum absolute atomic E-state index is 0.0194. The minimum atomic E-state index is -0.942. The first-order valence-electron chi connectivity index (χ1n) is 9.12. The van der Waals surface area contributed by atoms with E-state index in [-0.39, 0.29) is 5.52 Å². The second kappa shape index (κ2) is 8.09. The molecule has 4 rings (SSSR count). The third-order valence-electron chi connectivity index (χ3n) is 4.79. The summed E-state index contributed by atoms with van der Waals surface area (Å²) in [7, 11) is 0. The van der Waals surface area contributed by atoms with Crippen molar-refractivity contribution < 1.29 is 8.78 Å². The summed E-state index contributed by atoms with van der Waals surface area (Å²) in [6.07, 6.45) is 5.42.